The van der Waals surface area contributed by atoms with Crippen LogP contribution in [-0.4, -0.2) is 17.9 Å². The molecule has 0 aromatic heterocycles. The van der Waals surface area contributed by atoms with Gasteiger partial charge in [0.25, 0.3) is 0 Å². The Morgan fingerprint density at radius 3 is 2.73 bits per heavy atom. The summed E-state index contributed by atoms with van der Waals surface area (Å²) in [4.78, 5) is 12.2. The Bertz CT molecular complexity index is 870. The first kappa shape index (κ1) is 17.2. The van der Waals surface area contributed by atoms with Crippen molar-refractivity contribution in [3.8, 4) is 11.5 Å². The molecule has 2 aromatic carbocycles. The van der Waals surface area contributed by atoms with Gasteiger partial charge in [-0.3, -0.25) is 0 Å². The molecule has 26 heavy (non-hydrogen) atoms. The standard InChI is InChI=1S/C22H26O4/c1-4-8-25-22(24)26-21-17-10-13(5-2)6-7-15(17)20(23)19-16-11-14(18(19)21)9-12(16)3/h6-7,10,12,14,16,23H,4-5,8-9,11H2,1-3H3. The minimum absolute atomic E-state index is 0.347. The second kappa shape index (κ2) is 6.49. The molecule has 4 rings (SSSR count). The number of carbonyl (C=O) groups is 1. The average Bonchev–Trinajstić information content (AvgIpc) is 3.20. The number of hydrogen-bond acceptors (Lipinski definition) is 4. The molecule has 0 aliphatic heterocycles. The molecule has 138 valence electrons. The molecule has 2 aliphatic rings. The van der Waals surface area contributed by atoms with Gasteiger partial charge in [0, 0.05) is 21.9 Å². The highest BCUT2D eigenvalue weighted by atomic mass is 16.7. The van der Waals surface area contributed by atoms with Gasteiger partial charge in [-0.15, -0.1) is 0 Å². The zero-order valence-corrected chi connectivity index (χ0v) is 15.7. The molecule has 1 N–H and O–H groups in total. The van der Waals surface area contributed by atoms with Gasteiger partial charge in [-0.1, -0.05) is 32.9 Å². The van der Waals surface area contributed by atoms with Gasteiger partial charge in [0.15, 0.2) is 0 Å². The molecule has 3 atom stereocenters. The first-order chi connectivity index (χ1) is 12.5. The summed E-state index contributed by atoms with van der Waals surface area (Å²) in [6, 6.07) is 6.02. The van der Waals surface area contributed by atoms with Crippen molar-refractivity contribution in [3.05, 3.63) is 34.9 Å². The molecule has 4 nitrogen and oxygen atoms in total. The third-order valence-corrected chi connectivity index (χ3v) is 6.05. The monoisotopic (exact) mass is 354 g/mol. The number of carbonyl (C=O) groups excluding carboxylic acids is 1. The lowest BCUT2D eigenvalue weighted by Gasteiger charge is -2.25. The first-order valence-corrected chi connectivity index (χ1v) is 9.71. The van der Waals surface area contributed by atoms with E-state index in [1.54, 1.807) is 0 Å². The van der Waals surface area contributed by atoms with E-state index >= 15 is 0 Å². The van der Waals surface area contributed by atoms with Gasteiger partial charge in [0.2, 0.25) is 0 Å². The van der Waals surface area contributed by atoms with Crippen LogP contribution in [0, 0.1) is 5.92 Å². The normalized spacial score (nSPS) is 23.3. The lowest BCUT2D eigenvalue weighted by molar-refractivity contribution is 0.0991. The van der Waals surface area contributed by atoms with Crippen LogP contribution in [-0.2, 0) is 11.2 Å². The molecule has 1 saturated carbocycles. The summed E-state index contributed by atoms with van der Waals surface area (Å²) in [7, 11) is 0. The Labute approximate surface area is 154 Å². The number of hydrogen-bond donors (Lipinski definition) is 1. The fourth-order valence-electron chi connectivity index (χ4n) is 4.82. The molecule has 2 bridgehead atoms. The van der Waals surface area contributed by atoms with Crippen LogP contribution in [0.25, 0.3) is 10.8 Å². The van der Waals surface area contributed by atoms with Crippen LogP contribution in [0.3, 0.4) is 0 Å². The molecule has 4 heteroatoms. The van der Waals surface area contributed by atoms with E-state index in [2.05, 4.69) is 13.8 Å². The van der Waals surface area contributed by atoms with Gasteiger partial charge in [0.1, 0.15) is 11.5 Å². The van der Waals surface area contributed by atoms with Crippen LogP contribution < -0.4 is 4.74 Å². The summed E-state index contributed by atoms with van der Waals surface area (Å²) in [5.74, 6) is 2.21. The largest absolute Gasteiger partial charge is 0.513 e. The third-order valence-electron chi connectivity index (χ3n) is 6.05. The average molecular weight is 354 g/mol. The smallest absolute Gasteiger partial charge is 0.507 e. The van der Waals surface area contributed by atoms with E-state index in [0.29, 0.717) is 35.9 Å². The van der Waals surface area contributed by atoms with Crippen molar-refractivity contribution in [2.24, 2.45) is 5.92 Å². The molecule has 2 aliphatic carbocycles. The number of ether oxygens (including phenoxy) is 2. The van der Waals surface area contributed by atoms with Crippen molar-refractivity contribution in [2.45, 2.75) is 58.3 Å². The molecule has 0 saturated heterocycles. The number of aryl methyl sites for hydroxylation is 1. The first-order valence-electron chi connectivity index (χ1n) is 9.71. The van der Waals surface area contributed by atoms with Crippen molar-refractivity contribution in [1.82, 2.24) is 0 Å². The van der Waals surface area contributed by atoms with E-state index in [1.165, 1.54) is 0 Å². The number of rotatable bonds is 4. The maximum absolute atomic E-state index is 12.2. The van der Waals surface area contributed by atoms with E-state index in [1.807, 2.05) is 25.1 Å². The van der Waals surface area contributed by atoms with Gasteiger partial charge in [-0.2, -0.15) is 0 Å². The molecular weight excluding hydrogens is 328 g/mol. The highest BCUT2D eigenvalue weighted by molar-refractivity contribution is 5.98. The fourth-order valence-corrected chi connectivity index (χ4v) is 4.82. The summed E-state index contributed by atoms with van der Waals surface area (Å²) in [6.45, 7) is 6.64. The van der Waals surface area contributed by atoms with Crippen molar-refractivity contribution < 1.29 is 19.4 Å². The molecule has 1 fully saturated rings. The summed E-state index contributed by atoms with van der Waals surface area (Å²) < 4.78 is 10.9. The predicted molar refractivity (Wildman–Crippen MR) is 101 cm³/mol. The van der Waals surface area contributed by atoms with E-state index in [-0.39, 0.29) is 0 Å². The van der Waals surface area contributed by atoms with E-state index in [0.717, 1.165) is 53.1 Å². The second-order valence-electron chi connectivity index (χ2n) is 7.69. The highest BCUT2D eigenvalue weighted by Gasteiger charge is 2.46. The van der Waals surface area contributed by atoms with Crippen LogP contribution in [0.1, 0.15) is 68.6 Å². The number of phenols is 1. The molecule has 0 spiro atoms. The zero-order valence-electron chi connectivity index (χ0n) is 15.7. The van der Waals surface area contributed by atoms with Crippen molar-refractivity contribution in [2.75, 3.05) is 6.61 Å². The number of fused-ring (bicyclic) bond motifs is 6. The van der Waals surface area contributed by atoms with Crippen LogP contribution in [0.4, 0.5) is 4.79 Å². The maximum Gasteiger partial charge on any atom is 0.513 e. The Morgan fingerprint density at radius 1 is 1.19 bits per heavy atom. The summed E-state index contributed by atoms with van der Waals surface area (Å²) in [5.41, 5.74) is 3.17. The van der Waals surface area contributed by atoms with Crippen LogP contribution in [0.5, 0.6) is 11.5 Å². The Kier molecular flexibility index (Phi) is 4.29. The molecule has 0 heterocycles. The molecule has 0 amide bonds. The van der Waals surface area contributed by atoms with Gasteiger partial charge >= 0.3 is 6.16 Å². The Morgan fingerprint density at radius 2 is 2.00 bits per heavy atom. The minimum atomic E-state index is -0.654. The predicted octanol–water partition coefficient (Wildman–Crippen LogP) is 5.64. The Balaban J connectivity index is 1.91. The molecule has 0 radical (unpaired) electrons. The lowest BCUT2D eigenvalue weighted by atomic mass is 9.81. The molecule has 2 aromatic rings. The number of benzene rings is 2. The summed E-state index contributed by atoms with van der Waals surface area (Å²) in [6.07, 6.45) is 3.10. The van der Waals surface area contributed by atoms with Crippen molar-refractivity contribution in [1.29, 1.82) is 0 Å². The number of phenolic OH excluding ortho intramolecular Hbond substituents is 1. The van der Waals surface area contributed by atoms with E-state index in [9.17, 15) is 9.90 Å². The van der Waals surface area contributed by atoms with Gasteiger partial charge in [0.05, 0.1) is 6.61 Å². The SMILES string of the molecule is CCCOC(=O)Oc1c2c(c(O)c3ccc(CC)cc13)C1CC2CC1C. The second-order valence-corrected chi connectivity index (χ2v) is 7.69. The van der Waals surface area contributed by atoms with Gasteiger partial charge < -0.3 is 14.6 Å². The van der Waals surface area contributed by atoms with E-state index in [4.69, 9.17) is 9.47 Å². The van der Waals surface area contributed by atoms with Gasteiger partial charge in [-0.05, 0) is 55.1 Å². The minimum Gasteiger partial charge on any atom is -0.507 e. The van der Waals surface area contributed by atoms with Crippen LogP contribution >= 0.6 is 0 Å². The quantitative estimate of drug-likeness (QED) is 0.570. The fraction of sp³-hybridized carbons (Fsp3) is 0.500. The van der Waals surface area contributed by atoms with Crippen LogP contribution in [0.2, 0.25) is 0 Å². The van der Waals surface area contributed by atoms with Gasteiger partial charge in [-0.25, -0.2) is 4.79 Å². The molecular formula is C22H26O4. The zero-order chi connectivity index (χ0) is 18.4. The summed E-state index contributed by atoms with van der Waals surface area (Å²) >= 11 is 0. The topological polar surface area (TPSA) is 55.8 Å². The summed E-state index contributed by atoms with van der Waals surface area (Å²) in [5, 5.41) is 12.6. The Hall–Kier alpha value is -2.23. The lowest BCUT2D eigenvalue weighted by Crippen LogP contribution is -2.15. The van der Waals surface area contributed by atoms with Crippen molar-refractivity contribution >= 4 is 16.9 Å². The van der Waals surface area contributed by atoms with E-state index < -0.39 is 6.16 Å². The van der Waals surface area contributed by atoms with Crippen molar-refractivity contribution in [3.63, 3.8) is 0 Å². The highest BCUT2D eigenvalue weighted by Crippen LogP contribution is 2.62. The molecule has 3 unspecified atom stereocenters. The number of aromatic hydroxyl groups is 1. The maximum atomic E-state index is 12.2. The van der Waals surface area contributed by atoms with Crippen LogP contribution in [0.15, 0.2) is 18.2 Å². The third kappa shape index (κ3) is 2.54.